The molecular weight excluding hydrogens is 688 g/mol. The highest BCUT2D eigenvalue weighted by Gasteiger charge is 2.44. The predicted molar refractivity (Wildman–Crippen MR) is 167 cm³/mol. The third kappa shape index (κ3) is 6.24. The molecule has 1 amide bonds. The van der Waals surface area contributed by atoms with Crippen LogP contribution in [0.15, 0.2) is 56.3 Å². The van der Waals surface area contributed by atoms with Gasteiger partial charge in [-0.1, -0.05) is 6.92 Å². The minimum absolute atomic E-state index is 0.0271. The molecule has 4 rings (SSSR count). The number of carbonyl (C=O) groups is 1. The smallest absolute Gasteiger partial charge is 0.407 e. The normalized spacial score (nSPS) is 19.5. The lowest BCUT2D eigenvalue weighted by atomic mass is 9.81. The quantitative estimate of drug-likeness (QED) is 0.244. The van der Waals surface area contributed by atoms with E-state index >= 15 is 0 Å². The van der Waals surface area contributed by atoms with Gasteiger partial charge in [0.2, 0.25) is 5.76 Å². The van der Waals surface area contributed by atoms with Crippen molar-refractivity contribution in [2.45, 2.75) is 45.3 Å². The number of carbonyl (C=O) groups excluding carboxylic acids is 4. The molecular formula is C31H31FIN3O8. The van der Waals surface area contributed by atoms with Crippen LogP contribution in [0.4, 0.5) is 14.9 Å². The fourth-order valence-electron chi connectivity index (χ4n) is 5.11. The largest absolute Gasteiger partial charge is 0.489 e. The Balaban J connectivity index is 1.63. The molecule has 1 aromatic rings. The molecule has 0 aliphatic carbocycles. The standard InChI is InChI=1S/C31H31FIN3O8/c1-6-31(41)22-7-9-36(24(15-38)21(22)17-43-26(31)16-39)13-23-27(33)20(14-37)19-11-18(32)12-25(28(19)35(23)5)42-10-8-34-29(40)44-30(2,3)4/h7,9,11-12,41H,6,8,10,13,17H2,1-5H3,(H,34,40)/t31-/m0/s1. The first-order valence-corrected chi connectivity index (χ1v) is 14.7. The predicted octanol–water partition coefficient (Wildman–Crippen LogP) is 3.77. The Hall–Kier alpha value is -4.12. The summed E-state index contributed by atoms with van der Waals surface area (Å²) >= 11 is 1.97. The highest BCUT2D eigenvalue weighted by molar-refractivity contribution is 14.1. The molecule has 0 unspecified atom stereocenters. The molecule has 0 saturated heterocycles. The third-order valence-corrected chi connectivity index (χ3v) is 8.34. The zero-order valence-electron chi connectivity index (χ0n) is 24.8. The number of benzene rings is 1. The fraction of sp³-hybridized carbons (Fsp3) is 0.387. The molecule has 0 saturated carbocycles. The first kappa shape index (κ1) is 32.8. The SMILES string of the molecule is CC[C@@]1(O)C(=C=O)OCC2=C1C=CN(CC1=C(I)C(=C=O)c3cc(F)cc(OCCNC(=O)OC(C)(C)C)c3N1C)C2=C=O. The Morgan fingerprint density at radius 2 is 1.95 bits per heavy atom. The maximum absolute atomic E-state index is 14.7. The van der Waals surface area contributed by atoms with E-state index in [9.17, 15) is 28.7 Å². The molecule has 0 aromatic heterocycles. The van der Waals surface area contributed by atoms with Crippen molar-refractivity contribution in [3.8, 4) is 5.75 Å². The van der Waals surface area contributed by atoms with Crippen LogP contribution < -0.4 is 15.0 Å². The number of allylic oxidation sites excluding steroid dienone is 2. The number of nitrogens with zero attached hydrogens (tertiary/aromatic N) is 2. The van der Waals surface area contributed by atoms with Gasteiger partial charge in [-0.05, 0) is 61.9 Å². The van der Waals surface area contributed by atoms with Crippen molar-refractivity contribution in [3.63, 3.8) is 0 Å². The highest BCUT2D eigenvalue weighted by Crippen LogP contribution is 2.48. The Labute approximate surface area is 267 Å². The minimum Gasteiger partial charge on any atom is -0.489 e. The Morgan fingerprint density at radius 3 is 2.57 bits per heavy atom. The molecule has 232 valence electrons. The van der Waals surface area contributed by atoms with E-state index in [1.54, 1.807) is 62.8 Å². The van der Waals surface area contributed by atoms with E-state index in [2.05, 4.69) is 5.32 Å². The summed E-state index contributed by atoms with van der Waals surface area (Å²) in [6.45, 7) is 6.82. The van der Waals surface area contributed by atoms with E-state index < -0.39 is 23.1 Å². The fourth-order valence-corrected chi connectivity index (χ4v) is 6.04. The molecule has 13 heteroatoms. The molecule has 1 aromatic carbocycles. The number of anilines is 1. The summed E-state index contributed by atoms with van der Waals surface area (Å²) in [7, 11) is 1.71. The molecule has 3 heterocycles. The van der Waals surface area contributed by atoms with Gasteiger partial charge in [0.05, 0.1) is 33.6 Å². The first-order valence-electron chi connectivity index (χ1n) is 13.7. The van der Waals surface area contributed by atoms with Crippen LogP contribution in [0.5, 0.6) is 5.75 Å². The summed E-state index contributed by atoms with van der Waals surface area (Å²) in [5.41, 5.74) is -0.354. The average Bonchev–Trinajstić information content (AvgIpc) is 2.96. The van der Waals surface area contributed by atoms with Crippen molar-refractivity contribution in [2.24, 2.45) is 0 Å². The van der Waals surface area contributed by atoms with Crippen molar-refractivity contribution >= 4 is 57.8 Å². The second-order valence-corrected chi connectivity index (χ2v) is 12.2. The molecule has 3 aliphatic rings. The Morgan fingerprint density at radius 1 is 1.23 bits per heavy atom. The van der Waals surface area contributed by atoms with Gasteiger partial charge in [-0.25, -0.2) is 23.6 Å². The minimum atomic E-state index is -1.75. The van der Waals surface area contributed by atoms with Crippen LogP contribution in [0, 0.1) is 5.82 Å². The average molecular weight is 720 g/mol. The molecule has 0 spiro atoms. The molecule has 44 heavy (non-hydrogen) atoms. The van der Waals surface area contributed by atoms with Gasteiger partial charge in [-0.3, -0.25) is 0 Å². The topological polar surface area (TPSA) is 135 Å². The number of halogens is 2. The molecule has 0 bridgehead atoms. The molecule has 2 N–H and O–H groups in total. The lowest BCUT2D eigenvalue weighted by molar-refractivity contribution is 0.0313. The summed E-state index contributed by atoms with van der Waals surface area (Å²) < 4.78 is 31.8. The number of rotatable bonds is 7. The van der Waals surface area contributed by atoms with Crippen molar-refractivity contribution in [2.75, 3.05) is 38.3 Å². The van der Waals surface area contributed by atoms with Gasteiger partial charge in [0.25, 0.3) is 0 Å². The van der Waals surface area contributed by atoms with E-state index in [1.807, 2.05) is 34.5 Å². The van der Waals surface area contributed by atoms with E-state index in [-0.39, 0.29) is 61.1 Å². The van der Waals surface area contributed by atoms with Crippen LogP contribution in [0.25, 0.3) is 5.57 Å². The summed E-state index contributed by atoms with van der Waals surface area (Å²) in [5, 5.41) is 13.8. The van der Waals surface area contributed by atoms with E-state index in [4.69, 9.17) is 14.2 Å². The van der Waals surface area contributed by atoms with Crippen molar-refractivity contribution in [1.29, 1.82) is 0 Å². The Kier molecular flexibility index (Phi) is 9.58. The van der Waals surface area contributed by atoms with Gasteiger partial charge in [0, 0.05) is 36.0 Å². The second-order valence-electron chi connectivity index (χ2n) is 11.1. The number of fused-ring (bicyclic) bond motifs is 1. The highest BCUT2D eigenvalue weighted by atomic mass is 127. The van der Waals surface area contributed by atoms with Gasteiger partial charge in [0.15, 0.2) is 17.5 Å². The number of alkyl carbamates (subject to hydrolysis) is 1. The summed E-state index contributed by atoms with van der Waals surface area (Å²) in [4.78, 5) is 51.2. The zero-order chi connectivity index (χ0) is 32.4. The number of ether oxygens (including phenoxy) is 3. The number of likely N-dealkylation sites (N-methyl/N-ethyl adjacent to an activating group) is 1. The van der Waals surface area contributed by atoms with E-state index in [0.717, 1.165) is 0 Å². The van der Waals surface area contributed by atoms with Crippen LogP contribution in [-0.4, -0.2) is 78.5 Å². The molecule has 0 radical (unpaired) electrons. The van der Waals surface area contributed by atoms with Gasteiger partial charge in [-0.15, -0.1) is 0 Å². The van der Waals surface area contributed by atoms with Crippen LogP contribution in [0.3, 0.4) is 0 Å². The maximum Gasteiger partial charge on any atom is 0.407 e. The van der Waals surface area contributed by atoms with Crippen LogP contribution in [0.1, 0.15) is 39.7 Å². The monoisotopic (exact) mass is 719 g/mol. The summed E-state index contributed by atoms with van der Waals surface area (Å²) in [6.07, 6.45) is 2.65. The van der Waals surface area contributed by atoms with Crippen molar-refractivity contribution in [1.82, 2.24) is 10.2 Å². The van der Waals surface area contributed by atoms with Crippen LogP contribution >= 0.6 is 22.6 Å². The second kappa shape index (κ2) is 12.9. The van der Waals surface area contributed by atoms with Crippen LogP contribution in [-0.2, 0) is 23.9 Å². The number of hydrogen-bond acceptors (Lipinski definition) is 10. The van der Waals surface area contributed by atoms with Gasteiger partial charge >= 0.3 is 6.09 Å². The lowest BCUT2D eigenvalue weighted by Crippen LogP contribution is -2.42. The van der Waals surface area contributed by atoms with Crippen LogP contribution in [0.2, 0.25) is 0 Å². The van der Waals surface area contributed by atoms with Crippen molar-refractivity contribution in [3.05, 3.63) is 67.7 Å². The summed E-state index contributed by atoms with van der Waals surface area (Å²) in [6, 6.07) is 2.39. The zero-order valence-corrected chi connectivity index (χ0v) is 27.0. The molecule has 3 aliphatic heterocycles. The lowest BCUT2D eigenvalue weighted by Gasteiger charge is -2.40. The van der Waals surface area contributed by atoms with E-state index in [1.165, 1.54) is 12.1 Å². The van der Waals surface area contributed by atoms with E-state index in [0.29, 0.717) is 26.1 Å². The third-order valence-electron chi connectivity index (χ3n) is 7.17. The number of amides is 1. The molecule has 0 fully saturated rings. The molecule has 1 atom stereocenters. The Bertz CT molecular complexity index is 1640. The number of aliphatic hydroxyl groups is 1. The summed E-state index contributed by atoms with van der Waals surface area (Å²) in [5.74, 6) is 4.71. The molecule has 11 nitrogen and oxygen atoms in total. The van der Waals surface area contributed by atoms with Crippen molar-refractivity contribution < 1.29 is 42.9 Å². The van der Waals surface area contributed by atoms with Gasteiger partial charge in [-0.2, -0.15) is 0 Å². The van der Waals surface area contributed by atoms with Gasteiger partial charge < -0.3 is 34.4 Å². The number of nitrogens with one attached hydrogen (secondary N) is 1. The van der Waals surface area contributed by atoms with Gasteiger partial charge in [0.1, 0.15) is 42.0 Å². The maximum atomic E-state index is 14.7. The first-order chi connectivity index (χ1) is 20.8. The number of hydrogen-bond donors (Lipinski definition) is 2.